The summed E-state index contributed by atoms with van der Waals surface area (Å²) in [4.78, 5) is 7.21. The van der Waals surface area contributed by atoms with Crippen LogP contribution in [-0.2, 0) is 0 Å². The Bertz CT molecular complexity index is 979. The summed E-state index contributed by atoms with van der Waals surface area (Å²) < 4.78 is 13.1. The van der Waals surface area contributed by atoms with E-state index in [1.807, 2.05) is 36.4 Å². The Kier molecular flexibility index (Phi) is 5.89. The number of nitrogens with zero attached hydrogens (tertiary/aromatic N) is 2. The van der Waals surface area contributed by atoms with Crippen molar-refractivity contribution in [2.45, 2.75) is 12.8 Å². The summed E-state index contributed by atoms with van der Waals surface area (Å²) in [7, 11) is 0. The first-order chi connectivity index (χ1) is 13.7. The number of hydrogen-bond donors (Lipinski definition) is 1. The maximum Gasteiger partial charge on any atom is 0.123 e. The van der Waals surface area contributed by atoms with Gasteiger partial charge in [-0.2, -0.15) is 0 Å². The Balaban J connectivity index is 1.58. The van der Waals surface area contributed by atoms with Crippen molar-refractivity contribution in [3.8, 4) is 0 Å². The van der Waals surface area contributed by atoms with Gasteiger partial charge in [0.15, 0.2) is 0 Å². The SMILES string of the molecule is Fc1ccc(/C=C/c2cc(NCCN3CCCC3)c3cc(Cl)ccc3n2)cc1. The van der Waals surface area contributed by atoms with Crippen LogP contribution >= 0.6 is 11.6 Å². The van der Waals surface area contributed by atoms with Gasteiger partial charge in [-0.25, -0.2) is 9.37 Å². The molecule has 0 radical (unpaired) electrons. The fraction of sp³-hybridized carbons (Fsp3) is 0.261. The Morgan fingerprint density at radius 1 is 1.04 bits per heavy atom. The third kappa shape index (κ3) is 4.70. The van der Waals surface area contributed by atoms with Crippen LogP contribution < -0.4 is 5.32 Å². The van der Waals surface area contributed by atoms with Gasteiger partial charge in [-0.15, -0.1) is 0 Å². The Morgan fingerprint density at radius 3 is 2.61 bits per heavy atom. The molecule has 0 aliphatic carbocycles. The highest BCUT2D eigenvalue weighted by Gasteiger charge is 2.11. The number of aromatic nitrogens is 1. The number of pyridine rings is 1. The van der Waals surface area contributed by atoms with E-state index in [1.165, 1.54) is 38.1 Å². The van der Waals surface area contributed by atoms with E-state index in [-0.39, 0.29) is 5.82 Å². The van der Waals surface area contributed by atoms with Crippen LogP contribution in [0.5, 0.6) is 0 Å². The summed E-state index contributed by atoms with van der Waals surface area (Å²) in [5, 5.41) is 5.29. The van der Waals surface area contributed by atoms with E-state index in [2.05, 4.69) is 10.2 Å². The van der Waals surface area contributed by atoms with Crippen molar-refractivity contribution in [1.82, 2.24) is 9.88 Å². The third-order valence-corrected chi connectivity index (χ3v) is 5.28. The summed E-state index contributed by atoms with van der Waals surface area (Å²) in [5.41, 5.74) is 3.71. The summed E-state index contributed by atoms with van der Waals surface area (Å²) >= 11 is 6.21. The quantitative estimate of drug-likeness (QED) is 0.579. The number of halogens is 2. The van der Waals surface area contributed by atoms with Gasteiger partial charge >= 0.3 is 0 Å². The molecule has 2 aromatic carbocycles. The minimum atomic E-state index is -0.234. The van der Waals surface area contributed by atoms with Crippen LogP contribution in [-0.4, -0.2) is 36.1 Å². The molecular formula is C23H23ClFN3. The molecule has 1 aliphatic rings. The van der Waals surface area contributed by atoms with E-state index >= 15 is 0 Å². The van der Waals surface area contributed by atoms with Gasteiger partial charge in [0.1, 0.15) is 5.82 Å². The number of fused-ring (bicyclic) bond motifs is 1. The Hall–Kier alpha value is -2.43. The second-order valence-corrected chi connectivity index (χ2v) is 7.55. The van der Waals surface area contributed by atoms with Gasteiger partial charge in [0.05, 0.1) is 11.2 Å². The molecule has 3 nitrogen and oxygen atoms in total. The molecule has 1 N–H and O–H groups in total. The lowest BCUT2D eigenvalue weighted by molar-refractivity contribution is 0.353. The highest BCUT2D eigenvalue weighted by Crippen LogP contribution is 2.27. The fourth-order valence-corrected chi connectivity index (χ4v) is 3.73. The second-order valence-electron chi connectivity index (χ2n) is 7.12. The molecule has 0 atom stereocenters. The molecule has 144 valence electrons. The molecule has 2 heterocycles. The van der Waals surface area contributed by atoms with Crippen molar-refractivity contribution >= 4 is 40.3 Å². The Labute approximate surface area is 169 Å². The third-order valence-electron chi connectivity index (χ3n) is 5.05. The van der Waals surface area contributed by atoms with Gasteiger partial charge in [-0.3, -0.25) is 0 Å². The van der Waals surface area contributed by atoms with E-state index in [1.54, 1.807) is 12.1 Å². The molecular weight excluding hydrogens is 373 g/mol. The number of hydrogen-bond acceptors (Lipinski definition) is 3. The van der Waals surface area contributed by atoms with Gasteiger partial charge in [0.2, 0.25) is 0 Å². The van der Waals surface area contributed by atoms with E-state index < -0.39 is 0 Å². The van der Waals surface area contributed by atoms with Gasteiger partial charge in [-0.1, -0.05) is 29.8 Å². The van der Waals surface area contributed by atoms with Crippen LogP contribution in [0.1, 0.15) is 24.1 Å². The topological polar surface area (TPSA) is 28.2 Å². The van der Waals surface area contributed by atoms with E-state index in [9.17, 15) is 4.39 Å². The van der Waals surface area contributed by atoms with Gasteiger partial charge < -0.3 is 10.2 Å². The van der Waals surface area contributed by atoms with Crippen LogP contribution in [0.25, 0.3) is 23.1 Å². The van der Waals surface area contributed by atoms with Crippen LogP contribution in [0.2, 0.25) is 5.02 Å². The number of anilines is 1. The minimum absolute atomic E-state index is 0.234. The van der Waals surface area contributed by atoms with Crippen molar-refractivity contribution in [3.05, 3.63) is 70.6 Å². The molecule has 0 bridgehead atoms. The van der Waals surface area contributed by atoms with E-state index in [4.69, 9.17) is 16.6 Å². The molecule has 0 amide bonds. The normalized spacial score (nSPS) is 14.9. The van der Waals surface area contributed by atoms with E-state index in [0.29, 0.717) is 5.02 Å². The summed E-state index contributed by atoms with van der Waals surface area (Å²) in [6, 6.07) is 14.2. The van der Waals surface area contributed by atoms with Crippen molar-refractivity contribution < 1.29 is 4.39 Å². The van der Waals surface area contributed by atoms with Gasteiger partial charge in [0.25, 0.3) is 0 Å². The van der Waals surface area contributed by atoms with Crippen LogP contribution in [0.3, 0.4) is 0 Å². The smallest absolute Gasteiger partial charge is 0.123 e. The lowest BCUT2D eigenvalue weighted by Gasteiger charge is -2.16. The predicted molar refractivity (Wildman–Crippen MR) is 116 cm³/mol. The molecule has 1 fully saturated rings. The average Bonchev–Trinajstić information content (AvgIpc) is 3.21. The molecule has 3 aromatic rings. The maximum atomic E-state index is 13.1. The van der Waals surface area contributed by atoms with E-state index in [0.717, 1.165) is 40.9 Å². The number of benzene rings is 2. The minimum Gasteiger partial charge on any atom is -0.383 e. The predicted octanol–water partition coefficient (Wildman–Crippen LogP) is 5.71. The van der Waals surface area contributed by atoms with Crippen LogP contribution in [0.4, 0.5) is 10.1 Å². The lowest BCUT2D eigenvalue weighted by atomic mass is 10.1. The highest BCUT2D eigenvalue weighted by molar-refractivity contribution is 6.31. The zero-order chi connectivity index (χ0) is 19.3. The maximum absolute atomic E-state index is 13.1. The zero-order valence-corrected chi connectivity index (χ0v) is 16.4. The monoisotopic (exact) mass is 395 g/mol. The number of rotatable bonds is 6. The average molecular weight is 396 g/mol. The van der Waals surface area contributed by atoms with Crippen molar-refractivity contribution in [2.24, 2.45) is 0 Å². The summed E-state index contributed by atoms with van der Waals surface area (Å²) in [6.45, 7) is 4.30. The molecule has 0 unspecified atom stereocenters. The van der Waals surface area contributed by atoms with Gasteiger partial charge in [0, 0.05) is 29.2 Å². The summed E-state index contributed by atoms with van der Waals surface area (Å²) in [6.07, 6.45) is 6.49. The Morgan fingerprint density at radius 2 is 1.82 bits per heavy atom. The first-order valence-corrected chi connectivity index (χ1v) is 10.1. The number of likely N-dealkylation sites (tertiary alicyclic amines) is 1. The molecule has 0 spiro atoms. The van der Waals surface area contributed by atoms with Crippen LogP contribution in [0.15, 0.2) is 48.5 Å². The molecule has 4 rings (SSSR count). The number of nitrogens with one attached hydrogen (secondary N) is 1. The standard InChI is InChI=1S/C23H23ClFN3/c24-18-6-10-22-21(15-18)23(26-11-14-28-12-1-2-13-28)16-20(27-22)9-5-17-3-7-19(25)8-4-17/h3-10,15-16H,1-2,11-14H2,(H,26,27)/b9-5+. The molecule has 28 heavy (non-hydrogen) atoms. The first kappa shape index (κ1) is 18.9. The largest absolute Gasteiger partial charge is 0.383 e. The second kappa shape index (κ2) is 8.72. The van der Waals surface area contributed by atoms with Crippen LogP contribution in [0, 0.1) is 5.82 Å². The molecule has 1 saturated heterocycles. The highest BCUT2D eigenvalue weighted by atomic mass is 35.5. The molecule has 1 aliphatic heterocycles. The van der Waals surface area contributed by atoms with Crippen molar-refractivity contribution in [3.63, 3.8) is 0 Å². The molecule has 0 saturated carbocycles. The summed E-state index contributed by atoms with van der Waals surface area (Å²) in [5.74, 6) is -0.234. The zero-order valence-electron chi connectivity index (χ0n) is 15.7. The lowest BCUT2D eigenvalue weighted by Crippen LogP contribution is -2.26. The molecule has 1 aromatic heterocycles. The van der Waals surface area contributed by atoms with Crippen molar-refractivity contribution in [1.29, 1.82) is 0 Å². The molecule has 5 heteroatoms. The fourth-order valence-electron chi connectivity index (χ4n) is 3.56. The van der Waals surface area contributed by atoms with Gasteiger partial charge in [-0.05, 0) is 74.0 Å². The van der Waals surface area contributed by atoms with Crippen molar-refractivity contribution in [2.75, 3.05) is 31.5 Å². The first-order valence-electron chi connectivity index (χ1n) is 9.67.